The molecule has 0 radical (unpaired) electrons. The molecule has 0 atom stereocenters. The lowest BCUT2D eigenvalue weighted by Gasteiger charge is -2.10. The van der Waals surface area contributed by atoms with Crippen LogP contribution in [0.5, 0.6) is 0 Å². The van der Waals surface area contributed by atoms with Crippen molar-refractivity contribution in [1.82, 2.24) is 5.32 Å². The predicted molar refractivity (Wildman–Crippen MR) is 68.1 cm³/mol. The number of carbonyl (C=O) groups excluding carboxylic acids is 1. The number of amides is 1. The first kappa shape index (κ1) is 16.1. The molecule has 1 aromatic rings. The van der Waals surface area contributed by atoms with Crippen LogP contribution < -0.4 is 5.32 Å². The summed E-state index contributed by atoms with van der Waals surface area (Å²) in [5.41, 5.74) is 1.22. The number of hydrogen-bond donors (Lipinski definition) is 2. The fourth-order valence-corrected chi connectivity index (χ4v) is 1.51. The van der Waals surface area contributed by atoms with Crippen molar-refractivity contribution in [2.24, 2.45) is 0 Å². The van der Waals surface area contributed by atoms with Gasteiger partial charge in [0.1, 0.15) is 6.54 Å². The first-order valence-electron chi connectivity index (χ1n) is 5.89. The molecule has 20 heavy (non-hydrogen) atoms. The standard InChI is InChI=1S/C14H14F3NO2/c1-10-11(5-2-3-8-19)6-4-7-12(10)13(20)18-9-14(15,16)17/h4,6-7,19H,3,8-9H2,1H3,(H,18,20). The van der Waals surface area contributed by atoms with E-state index in [1.54, 1.807) is 19.1 Å². The zero-order valence-corrected chi connectivity index (χ0v) is 10.8. The maximum atomic E-state index is 12.1. The molecule has 0 fully saturated rings. The Hall–Kier alpha value is -2.00. The van der Waals surface area contributed by atoms with Gasteiger partial charge in [-0.25, -0.2) is 0 Å². The van der Waals surface area contributed by atoms with Crippen molar-refractivity contribution in [2.75, 3.05) is 13.2 Å². The number of hydrogen-bond acceptors (Lipinski definition) is 2. The van der Waals surface area contributed by atoms with Gasteiger partial charge in [-0.2, -0.15) is 13.2 Å². The Morgan fingerprint density at radius 3 is 2.70 bits per heavy atom. The summed E-state index contributed by atoms with van der Waals surface area (Å²) in [4.78, 5) is 11.7. The third-order valence-corrected chi connectivity index (χ3v) is 2.49. The van der Waals surface area contributed by atoms with Crippen molar-refractivity contribution < 1.29 is 23.1 Å². The van der Waals surface area contributed by atoms with Crippen LogP contribution in [0.3, 0.4) is 0 Å². The molecule has 0 aliphatic carbocycles. The van der Waals surface area contributed by atoms with Crippen LogP contribution >= 0.6 is 0 Å². The maximum absolute atomic E-state index is 12.1. The highest BCUT2D eigenvalue weighted by Gasteiger charge is 2.28. The van der Waals surface area contributed by atoms with Crippen LogP contribution in [0.2, 0.25) is 0 Å². The van der Waals surface area contributed by atoms with Crippen LogP contribution in [-0.4, -0.2) is 30.3 Å². The average Bonchev–Trinajstić information content (AvgIpc) is 2.37. The fraction of sp³-hybridized carbons (Fsp3) is 0.357. The summed E-state index contributed by atoms with van der Waals surface area (Å²) in [6.45, 7) is 0.176. The highest BCUT2D eigenvalue weighted by Crippen LogP contribution is 2.15. The Balaban J connectivity index is 2.89. The van der Waals surface area contributed by atoms with Crippen LogP contribution in [0.1, 0.15) is 27.9 Å². The number of carbonyl (C=O) groups is 1. The van der Waals surface area contributed by atoms with E-state index >= 15 is 0 Å². The minimum atomic E-state index is -4.44. The summed E-state index contributed by atoms with van der Waals surface area (Å²) in [5, 5.41) is 10.5. The van der Waals surface area contributed by atoms with E-state index in [1.165, 1.54) is 6.07 Å². The number of rotatable bonds is 3. The summed E-state index contributed by atoms with van der Waals surface area (Å²) >= 11 is 0. The lowest BCUT2D eigenvalue weighted by Crippen LogP contribution is -2.34. The smallest absolute Gasteiger partial charge is 0.395 e. The van der Waals surface area contributed by atoms with Gasteiger partial charge >= 0.3 is 6.18 Å². The minimum Gasteiger partial charge on any atom is -0.395 e. The first-order valence-corrected chi connectivity index (χ1v) is 5.89. The van der Waals surface area contributed by atoms with E-state index in [0.717, 1.165) is 0 Å². The van der Waals surface area contributed by atoms with Crippen LogP contribution in [0.15, 0.2) is 18.2 Å². The summed E-state index contributed by atoms with van der Waals surface area (Å²) < 4.78 is 36.2. The maximum Gasteiger partial charge on any atom is 0.405 e. The summed E-state index contributed by atoms with van der Waals surface area (Å²) in [6.07, 6.45) is -4.15. The summed E-state index contributed by atoms with van der Waals surface area (Å²) in [7, 11) is 0. The van der Waals surface area contributed by atoms with E-state index < -0.39 is 18.6 Å². The van der Waals surface area contributed by atoms with Crippen molar-refractivity contribution in [2.45, 2.75) is 19.5 Å². The molecule has 0 bridgehead atoms. The van der Waals surface area contributed by atoms with E-state index in [-0.39, 0.29) is 12.2 Å². The van der Waals surface area contributed by atoms with E-state index in [2.05, 4.69) is 11.8 Å². The highest BCUT2D eigenvalue weighted by molar-refractivity contribution is 5.96. The number of alkyl halides is 3. The normalized spacial score (nSPS) is 10.7. The second-order valence-corrected chi connectivity index (χ2v) is 4.05. The summed E-state index contributed by atoms with van der Waals surface area (Å²) in [6, 6.07) is 4.66. The number of aliphatic hydroxyl groups is 1. The highest BCUT2D eigenvalue weighted by atomic mass is 19.4. The molecule has 0 saturated heterocycles. The molecule has 2 N–H and O–H groups in total. The molecule has 1 amide bonds. The van der Waals surface area contributed by atoms with Crippen LogP contribution in [0, 0.1) is 18.8 Å². The van der Waals surface area contributed by atoms with E-state index in [1.807, 2.05) is 5.32 Å². The zero-order valence-electron chi connectivity index (χ0n) is 10.8. The molecule has 0 aliphatic heterocycles. The minimum absolute atomic E-state index is 0.0716. The third kappa shape index (κ3) is 4.94. The molecule has 0 aliphatic rings. The molecular weight excluding hydrogens is 271 g/mol. The van der Waals surface area contributed by atoms with Crippen LogP contribution in [0.25, 0.3) is 0 Å². The molecule has 0 saturated carbocycles. The Morgan fingerprint density at radius 1 is 1.40 bits per heavy atom. The quantitative estimate of drug-likeness (QED) is 0.835. The van der Waals surface area contributed by atoms with Gasteiger partial charge in [-0.15, -0.1) is 0 Å². The van der Waals surface area contributed by atoms with Gasteiger partial charge in [-0.3, -0.25) is 4.79 Å². The molecule has 0 unspecified atom stereocenters. The van der Waals surface area contributed by atoms with Gasteiger partial charge in [0.2, 0.25) is 0 Å². The molecule has 6 heteroatoms. The lowest BCUT2D eigenvalue weighted by molar-refractivity contribution is -0.123. The number of aliphatic hydroxyl groups excluding tert-OH is 1. The van der Waals surface area contributed by atoms with Gasteiger partial charge in [-0.05, 0) is 24.6 Å². The number of nitrogens with one attached hydrogen (secondary N) is 1. The first-order chi connectivity index (χ1) is 9.35. The molecule has 108 valence electrons. The molecule has 1 rings (SSSR count). The number of halogens is 3. The Labute approximate surface area is 114 Å². The van der Waals surface area contributed by atoms with Gasteiger partial charge in [0.25, 0.3) is 5.91 Å². The van der Waals surface area contributed by atoms with E-state index in [0.29, 0.717) is 17.5 Å². The lowest BCUT2D eigenvalue weighted by atomic mass is 10.0. The second-order valence-electron chi connectivity index (χ2n) is 4.05. The third-order valence-electron chi connectivity index (χ3n) is 2.49. The molecule has 3 nitrogen and oxygen atoms in total. The van der Waals surface area contributed by atoms with Gasteiger partial charge in [0, 0.05) is 17.5 Å². The topological polar surface area (TPSA) is 49.3 Å². The van der Waals surface area contributed by atoms with Gasteiger partial charge in [0.05, 0.1) is 6.61 Å². The van der Waals surface area contributed by atoms with E-state index in [4.69, 9.17) is 5.11 Å². The van der Waals surface area contributed by atoms with Gasteiger partial charge in [0.15, 0.2) is 0 Å². The van der Waals surface area contributed by atoms with Crippen molar-refractivity contribution >= 4 is 5.91 Å². The number of benzene rings is 1. The average molecular weight is 285 g/mol. The Bertz CT molecular complexity index is 542. The van der Waals surface area contributed by atoms with E-state index in [9.17, 15) is 18.0 Å². The zero-order chi connectivity index (χ0) is 15.2. The monoisotopic (exact) mass is 285 g/mol. The summed E-state index contributed by atoms with van der Waals surface area (Å²) in [5.74, 6) is 4.69. The molecular formula is C14H14F3NO2. The van der Waals surface area contributed by atoms with Crippen LogP contribution in [0.4, 0.5) is 13.2 Å². The SMILES string of the molecule is Cc1c(C#CCCO)cccc1C(=O)NCC(F)(F)F. The van der Waals surface area contributed by atoms with Crippen LogP contribution in [-0.2, 0) is 0 Å². The van der Waals surface area contributed by atoms with Crippen molar-refractivity contribution in [1.29, 1.82) is 0 Å². The molecule has 0 spiro atoms. The molecule has 0 aromatic heterocycles. The largest absolute Gasteiger partial charge is 0.405 e. The van der Waals surface area contributed by atoms with Crippen molar-refractivity contribution in [3.63, 3.8) is 0 Å². The van der Waals surface area contributed by atoms with Gasteiger partial charge in [-0.1, -0.05) is 17.9 Å². The van der Waals surface area contributed by atoms with Gasteiger partial charge < -0.3 is 10.4 Å². The fourth-order valence-electron chi connectivity index (χ4n) is 1.51. The molecule has 1 aromatic carbocycles. The molecule has 0 heterocycles. The Kier molecular flexibility index (Phi) is 5.59. The van der Waals surface area contributed by atoms with Crippen molar-refractivity contribution in [3.05, 3.63) is 34.9 Å². The predicted octanol–water partition coefficient (Wildman–Crippen LogP) is 2.02. The van der Waals surface area contributed by atoms with Crippen molar-refractivity contribution in [3.8, 4) is 11.8 Å². The Morgan fingerprint density at radius 2 is 2.10 bits per heavy atom. The second kappa shape index (κ2) is 6.96.